The molecule has 0 aliphatic rings. The SMILES string of the molecule is CCCCCCCC(=O)N(Cc1nc(C(=O)OC)cs1)C(C)C. The van der Waals surface area contributed by atoms with Gasteiger partial charge in [-0.05, 0) is 20.3 Å². The van der Waals surface area contributed by atoms with Gasteiger partial charge in [0.2, 0.25) is 5.91 Å². The van der Waals surface area contributed by atoms with E-state index in [1.807, 2.05) is 18.7 Å². The van der Waals surface area contributed by atoms with Crippen molar-refractivity contribution < 1.29 is 14.3 Å². The molecule has 6 heteroatoms. The number of methoxy groups -OCH3 is 1. The average molecular weight is 340 g/mol. The lowest BCUT2D eigenvalue weighted by molar-refractivity contribution is -0.133. The minimum atomic E-state index is -0.439. The summed E-state index contributed by atoms with van der Waals surface area (Å²) in [6.45, 7) is 6.64. The third kappa shape index (κ3) is 6.69. The van der Waals surface area contributed by atoms with Crippen molar-refractivity contribution in [1.82, 2.24) is 9.88 Å². The van der Waals surface area contributed by atoms with Crippen molar-refractivity contribution >= 4 is 23.2 Å². The summed E-state index contributed by atoms with van der Waals surface area (Å²) in [7, 11) is 1.34. The Labute approximate surface area is 143 Å². The molecule has 0 atom stereocenters. The van der Waals surface area contributed by atoms with Gasteiger partial charge >= 0.3 is 5.97 Å². The van der Waals surface area contributed by atoms with Crippen molar-refractivity contribution in [1.29, 1.82) is 0 Å². The van der Waals surface area contributed by atoms with Crippen LogP contribution in [0.4, 0.5) is 0 Å². The van der Waals surface area contributed by atoms with Crippen LogP contribution in [0, 0.1) is 0 Å². The largest absolute Gasteiger partial charge is 0.464 e. The number of carbonyl (C=O) groups is 2. The highest BCUT2D eigenvalue weighted by atomic mass is 32.1. The fourth-order valence-corrected chi connectivity index (χ4v) is 3.07. The first-order valence-corrected chi connectivity index (χ1v) is 9.19. The Hall–Kier alpha value is -1.43. The number of aromatic nitrogens is 1. The molecule has 0 N–H and O–H groups in total. The summed E-state index contributed by atoms with van der Waals surface area (Å²) < 4.78 is 4.66. The Morgan fingerprint density at radius 3 is 2.57 bits per heavy atom. The van der Waals surface area contributed by atoms with Gasteiger partial charge in [-0.25, -0.2) is 9.78 Å². The molecule has 0 bridgehead atoms. The summed E-state index contributed by atoms with van der Waals surface area (Å²) >= 11 is 1.39. The van der Waals surface area contributed by atoms with Crippen LogP contribution in [-0.4, -0.2) is 34.9 Å². The molecule has 0 unspecified atom stereocenters. The maximum atomic E-state index is 12.4. The summed E-state index contributed by atoms with van der Waals surface area (Å²) in [5.41, 5.74) is 0.309. The van der Waals surface area contributed by atoms with Crippen LogP contribution < -0.4 is 0 Å². The van der Waals surface area contributed by atoms with Crippen molar-refractivity contribution in [3.63, 3.8) is 0 Å². The zero-order valence-corrected chi connectivity index (χ0v) is 15.4. The van der Waals surface area contributed by atoms with Crippen LogP contribution in [0.3, 0.4) is 0 Å². The Balaban J connectivity index is 2.55. The molecule has 0 radical (unpaired) electrons. The number of rotatable bonds is 10. The van der Waals surface area contributed by atoms with Crippen LogP contribution in [0.5, 0.6) is 0 Å². The van der Waals surface area contributed by atoms with Crippen LogP contribution in [0.25, 0.3) is 0 Å². The number of ether oxygens (including phenoxy) is 1. The van der Waals surface area contributed by atoms with Crippen LogP contribution >= 0.6 is 11.3 Å². The smallest absolute Gasteiger partial charge is 0.357 e. The summed E-state index contributed by atoms with van der Waals surface area (Å²) in [5, 5.41) is 2.44. The molecule has 0 aliphatic carbocycles. The molecule has 5 nitrogen and oxygen atoms in total. The lowest BCUT2D eigenvalue weighted by atomic mass is 10.1. The predicted molar refractivity (Wildman–Crippen MR) is 92.5 cm³/mol. The summed E-state index contributed by atoms with van der Waals surface area (Å²) in [6, 6.07) is 0.114. The number of esters is 1. The fraction of sp³-hybridized carbons (Fsp3) is 0.706. The molecule has 1 rings (SSSR count). The standard InChI is InChI=1S/C17H28N2O3S/c1-5-6-7-8-9-10-16(20)19(13(2)3)11-15-18-14(12-23-15)17(21)22-4/h12-13H,5-11H2,1-4H3. The topological polar surface area (TPSA) is 59.5 Å². The third-order valence-corrected chi connectivity index (χ3v) is 4.52. The molecule has 0 aromatic carbocycles. The number of nitrogens with zero attached hydrogens (tertiary/aromatic N) is 2. The number of hydrogen-bond donors (Lipinski definition) is 0. The van der Waals surface area contributed by atoms with Gasteiger partial charge in [-0.1, -0.05) is 32.6 Å². The second kappa shape index (κ2) is 10.4. The molecule has 0 aliphatic heterocycles. The molecule has 1 amide bonds. The molecule has 1 heterocycles. The van der Waals surface area contributed by atoms with Crippen LogP contribution in [0.1, 0.15) is 74.8 Å². The number of carbonyl (C=O) groups excluding carboxylic acids is 2. The van der Waals surface area contributed by atoms with Crippen molar-refractivity contribution in [3.05, 3.63) is 16.1 Å². The Kier molecular flexibility index (Phi) is 8.84. The summed E-state index contributed by atoms with van der Waals surface area (Å²) in [5.74, 6) is -0.280. The Morgan fingerprint density at radius 2 is 1.96 bits per heavy atom. The van der Waals surface area contributed by atoms with Crippen LogP contribution in [0.2, 0.25) is 0 Å². The maximum Gasteiger partial charge on any atom is 0.357 e. The molecule has 23 heavy (non-hydrogen) atoms. The molecule has 0 fully saturated rings. The average Bonchev–Trinajstić information content (AvgIpc) is 2.99. The normalized spacial score (nSPS) is 10.8. The Morgan fingerprint density at radius 1 is 1.26 bits per heavy atom. The second-order valence-corrected chi connectivity index (χ2v) is 6.84. The quantitative estimate of drug-likeness (QED) is 0.477. The monoisotopic (exact) mass is 340 g/mol. The molecular formula is C17H28N2O3S. The maximum absolute atomic E-state index is 12.4. The van der Waals surface area contributed by atoms with Gasteiger partial charge in [-0.15, -0.1) is 11.3 Å². The lowest BCUT2D eigenvalue weighted by Gasteiger charge is -2.26. The molecule has 0 saturated heterocycles. The van der Waals surface area contributed by atoms with Gasteiger partial charge < -0.3 is 9.64 Å². The minimum Gasteiger partial charge on any atom is -0.464 e. The highest BCUT2D eigenvalue weighted by Crippen LogP contribution is 2.17. The van der Waals surface area contributed by atoms with E-state index in [0.717, 1.165) is 17.8 Å². The number of amides is 1. The van der Waals surface area contributed by atoms with Gasteiger partial charge in [0.1, 0.15) is 5.01 Å². The minimum absolute atomic E-state index is 0.114. The van der Waals surface area contributed by atoms with Gasteiger partial charge in [-0.3, -0.25) is 4.79 Å². The van der Waals surface area contributed by atoms with Gasteiger partial charge in [0.25, 0.3) is 0 Å². The molecule has 0 saturated carbocycles. The number of thiazole rings is 1. The van der Waals surface area contributed by atoms with Gasteiger partial charge in [0, 0.05) is 17.8 Å². The first-order chi connectivity index (χ1) is 11.0. The molecule has 1 aromatic rings. The summed E-state index contributed by atoms with van der Waals surface area (Å²) in [4.78, 5) is 30.0. The van der Waals surface area contributed by atoms with E-state index in [-0.39, 0.29) is 11.9 Å². The van der Waals surface area contributed by atoms with Gasteiger partial charge in [0.15, 0.2) is 5.69 Å². The van der Waals surface area contributed by atoms with E-state index < -0.39 is 5.97 Å². The zero-order chi connectivity index (χ0) is 17.2. The van der Waals surface area contributed by atoms with Gasteiger partial charge in [0.05, 0.1) is 13.7 Å². The molecular weight excluding hydrogens is 312 g/mol. The van der Waals surface area contributed by atoms with Crippen LogP contribution in [0.15, 0.2) is 5.38 Å². The molecule has 0 spiro atoms. The van der Waals surface area contributed by atoms with E-state index in [2.05, 4.69) is 16.6 Å². The van der Waals surface area contributed by atoms with E-state index in [0.29, 0.717) is 18.7 Å². The Bertz CT molecular complexity index is 500. The van der Waals surface area contributed by atoms with Crippen molar-refractivity contribution in [2.75, 3.05) is 7.11 Å². The molecule has 130 valence electrons. The lowest BCUT2D eigenvalue weighted by Crippen LogP contribution is -2.36. The zero-order valence-electron chi connectivity index (χ0n) is 14.6. The highest BCUT2D eigenvalue weighted by molar-refractivity contribution is 7.09. The van der Waals surface area contributed by atoms with Crippen molar-refractivity contribution in [3.8, 4) is 0 Å². The second-order valence-electron chi connectivity index (χ2n) is 5.90. The first-order valence-electron chi connectivity index (χ1n) is 8.31. The van der Waals surface area contributed by atoms with Crippen molar-refractivity contribution in [2.24, 2.45) is 0 Å². The summed E-state index contributed by atoms with van der Waals surface area (Å²) in [6.07, 6.45) is 6.26. The number of unbranched alkanes of at least 4 members (excludes halogenated alkanes) is 4. The highest BCUT2D eigenvalue weighted by Gasteiger charge is 2.19. The van der Waals surface area contributed by atoms with E-state index in [1.165, 1.54) is 37.7 Å². The first kappa shape index (κ1) is 19.6. The van der Waals surface area contributed by atoms with Crippen LogP contribution in [-0.2, 0) is 16.1 Å². The predicted octanol–water partition coefficient (Wildman–Crippen LogP) is 4.03. The van der Waals surface area contributed by atoms with Gasteiger partial charge in [-0.2, -0.15) is 0 Å². The van der Waals surface area contributed by atoms with E-state index in [9.17, 15) is 9.59 Å². The fourth-order valence-electron chi connectivity index (χ4n) is 2.31. The molecule has 1 aromatic heterocycles. The van der Waals surface area contributed by atoms with E-state index >= 15 is 0 Å². The third-order valence-electron chi connectivity index (χ3n) is 3.69. The van der Waals surface area contributed by atoms with E-state index in [4.69, 9.17) is 0 Å². The number of hydrogen-bond acceptors (Lipinski definition) is 5. The van der Waals surface area contributed by atoms with Crippen molar-refractivity contribution in [2.45, 2.75) is 71.9 Å². The van der Waals surface area contributed by atoms with E-state index in [1.54, 1.807) is 5.38 Å².